The van der Waals surface area contributed by atoms with Crippen LogP contribution < -0.4 is 5.32 Å². The van der Waals surface area contributed by atoms with Gasteiger partial charge >= 0.3 is 36.4 Å². The topological polar surface area (TPSA) is 140 Å². The van der Waals surface area contributed by atoms with Crippen LogP contribution in [0.3, 0.4) is 0 Å². The zero-order valence-electron chi connectivity index (χ0n) is 21.1. The summed E-state index contributed by atoms with van der Waals surface area (Å²) in [5, 5.41) is 24.7. The number of ether oxygens (including phenoxy) is 1. The molecule has 0 radical (unpaired) electrons. The predicted molar refractivity (Wildman–Crippen MR) is 119 cm³/mol. The van der Waals surface area contributed by atoms with E-state index in [0.717, 1.165) is 45.6 Å². The Hall–Kier alpha value is -2.82. The third-order valence-electron chi connectivity index (χ3n) is 4.74. The minimum atomic E-state index is -5.08. The lowest BCUT2D eigenvalue weighted by Crippen LogP contribution is -2.46. The highest BCUT2D eigenvalue weighted by Gasteiger charge is 2.39. The van der Waals surface area contributed by atoms with Gasteiger partial charge in [0.05, 0.1) is 12.6 Å². The number of carboxylic acids is 3. The van der Waals surface area contributed by atoms with E-state index in [0.29, 0.717) is 12.7 Å². The summed E-state index contributed by atoms with van der Waals surface area (Å²) in [6.07, 6.45) is -12.6. The molecule has 0 aliphatic carbocycles. The van der Waals surface area contributed by atoms with Gasteiger partial charge in [0, 0.05) is 26.2 Å². The van der Waals surface area contributed by atoms with Crippen LogP contribution in [-0.2, 0) is 19.1 Å². The van der Waals surface area contributed by atoms with Crippen LogP contribution in [0.25, 0.3) is 0 Å². The molecule has 2 fully saturated rings. The Kier molecular flexibility index (Phi) is 19.0. The molecular formula is C21H30F9N3O7. The standard InChI is InChI=1S/C15H27N3O.3C2HF3O2/c1-2-17-10-12-18(13-11-17)9-3-4-14-19-15-5-7-16-8-6-15;3*3-2(4,5)1(6)7/h15-16H,2,5-14H2,1H3;3*(H,6,7). The number of carbonyl (C=O) groups is 3. The van der Waals surface area contributed by atoms with E-state index in [2.05, 4.69) is 33.9 Å². The Bertz CT molecular complexity index is 755. The molecule has 0 bridgehead atoms. The lowest BCUT2D eigenvalue weighted by molar-refractivity contribution is -0.193. The number of aliphatic carboxylic acids is 3. The Balaban J connectivity index is 0. The molecule has 4 N–H and O–H groups in total. The number of rotatable bonds is 4. The maximum absolute atomic E-state index is 10.6. The van der Waals surface area contributed by atoms with Gasteiger partial charge in [-0.05, 0) is 32.5 Å². The van der Waals surface area contributed by atoms with Crippen molar-refractivity contribution in [3.8, 4) is 11.8 Å². The maximum atomic E-state index is 10.6. The van der Waals surface area contributed by atoms with Crippen LogP contribution in [-0.4, -0.2) is 127 Å². The molecule has 0 atom stereocenters. The van der Waals surface area contributed by atoms with Crippen LogP contribution in [0.5, 0.6) is 0 Å². The molecule has 0 aromatic heterocycles. The monoisotopic (exact) mass is 607 g/mol. The molecule has 2 aliphatic rings. The first-order chi connectivity index (χ1) is 18.2. The minimum Gasteiger partial charge on any atom is -0.475 e. The molecule has 2 rings (SSSR count). The number of hydrogen-bond donors (Lipinski definition) is 4. The molecule has 0 saturated carbocycles. The van der Waals surface area contributed by atoms with E-state index in [1.54, 1.807) is 0 Å². The summed E-state index contributed by atoms with van der Waals surface area (Å²) in [7, 11) is 0. The number of piperidine rings is 1. The molecule has 0 amide bonds. The van der Waals surface area contributed by atoms with E-state index >= 15 is 0 Å². The first-order valence-corrected chi connectivity index (χ1v) is 11.3. The quantitative estimate of drug-likeness (QED) is 0.278. The summed E-state index contributed by atoms with van der Waals surface area (Å²) in [4.78, 5) is 31.6. The van der Waals surface area contributed by atoms with Gasteiger partial charge in [-0.15, -0.1) is 0 Å². The summed E-state index contributed by atoms with van der Waals surface area (Å²) in [6, 6.07) is 0. The predicted octanol–water partition coefficient (Wildman–Crippen LogP) is 2.30. The number of likely N-dealkylation sites (N-methyl/N-ethyl adjacent to an activating group) is 1. The molecule has 2 aliphatic heterocycles. The highest BCUT2D eigenvalue weighted by Crippen LogP contribution is 2.14. The Morgan fingerprint density at radius 1 is 0.750 bits per heavy atom. The molecule has 2 saturated heterocycles. The molecule has 234 valence electrons. The highest BCUT2D eigenvalue weighted by molar-refractivity contribution is 5.73. The van der Waals surface area contributed by atoms with Crippen molar-refractivity contribution >= 4 is 17.9 Å². The number of alkyl halides is 9. The second-order valence-corrected chi connectivity index (χ2v) is 7.73. The molecule has 0 aromatic carbocycles. The van der Waals surface area contributed by atoms with Crippen molar-refractivity contribution in [3.63, 3.8) is 0 Å². The molecule has 0 aromatic rings. The molecule has 0 unspecified atom stereocenters. The molecule has 19 heteroatoms. The van der Waals surface area contributed by atoms with Gasteiger partial charge in [-0.25, -0.2) is 14.4 Å². The normalized spacial score (nSPS) is 16.9. The third kappa shape index (κ3) is 22.0. The number of piperazine rings is 1. The van der Waals surface area contributed by atoms with Crippen LogP contribution >= 0.6 is 0 Å². The molecule has 40 heavy (non-hydrogen) atoms. The fourth-order valence-corrected chi connectivity index (χ4v) is 2.60. The maximum Gasteiger partial charge on any atom is 0.490 e. The molecule has 2 heterocycles. The Morgan fingerprint density at radius 2 is 1.10 bits per heavy atom. The van der Waals surface area contributed by atoms with E-state index in [9.17, 15) is 39.5 Å². The number of nitrogens with one attached hydrogen (secondary N) is 1. The molecular weight excluding hydrogens is 577 g/mol. The van der Waals surface area contributed by atoms with Crippen LogP contribution in [0.1, 0.15) is 19.8 Å². The number of halogens is 9. The SMILES string of the molecule is CCN1CCN(CC#CCOC2CCNCC2)CC1.O=C(O)C(F)(F)F.O=C(O)C(F)(F)F.O=C(O)C(F)(F)F. The second-order valence-electron chi connectivity index (χ2n) is 7.73. The first kappa shape index (κ1) is 39.3. The van der Waals surface area contributed by atoms with Crippen molar-refractivity contribution in [2.24, 2.45) is 0 Å². The average Bonchev–Trinajstić information content (AvgIpc) is 2.84. The van der Waals surface area contributed by atoms with Crippen LogP contribution in [0.15, 0.2) is 0 Å². The summed E-state index contributed by atoms with van der Waals surface area (Å²) in [5.41, 5.74) is 0. The van der Waals surface area contributed by atoms with Gasteiger partial charge in [-0.1, -0.05) is 18.8 Å². The van der Waals surface area contributed by atoms with Gasteiger partial charge < -0.3 is 30.3 Å². The average molecular weight is 607 g/mol. The molecule has 10 nitrogen and oxygen atoms in total. The van der Waals surface area contributed by atoms with Crippen LogP contribution in [0.2, 0.25) is 0 Å². The van der Waals surface area contributed by atoms with Crippen LogP contribution in [0, 0.1) is 11.8 Å². The first-order valence-electron chi connectivity index (χ1n) is 11.3. The number of carboxylic acid groups (broad SMARTS) is 3. The summed E-state index contributed by atoms with van der Waals surface area (Å²) < 4.78 is 101. The van der Waals surface area contributed by atoms with Gasteiger partial charge in [0.2, 0.25) is 0 Å². The number of nitrogens with zero attached hydrogens (tertiary/aromatic N) is 2. The van der Waals surface area contributed by atoms with E-state index in [1.165, 1.54) is 19.6 Å². The van der Waals surface area contributed by atoms with E-state index in [4.69, 9.17) is 34.4 Å². The Morgan fingerprint density at radius 3 is 1.43 bits per heavy atom. The van der Waals surface area contributed by atoms with Crippen molar-refractivity contribution in [2.45, 2.75) is 44.4 Å². The summed E-state index contributed by atoms with van der Waals surface area (Å²) >= 11 is 0. The largest absolute Gasteiger partial charge is 0.490 e. The fourth-order valence-electron chi connectivity index (χ4n) is 2.60. The van der Waals surface area contributed by atoms with Gasteiger partial charge in [-0.2, -0.15) is 39.5 Å². The second kappa shape index (κ2) is 19.3. The highest BCUT2D eigenvalue weighted by atomic mass is 19.4. The van der Waals surface area contributed by atoms with Crippen molar-refractivity contribution < 1.29 is 74.0 Å². The minimum absolute atomic E-state index is 0.420. The van der Waals surface area contributed by atoms with Crippen molar-refractivity contribution in [2.75, 3.05) is 59.0 Å². The third-order valence-corrected chi connectivity index (χ3v) is 4.74. The smallest absolute Gasteiger partial charge is 0.475 e. The van der Waals surface area contributed by atoms with Crippen LogP contribution in [0.4, 0.5) is 39.5 Å². The zero-order chi connectivity index (χ0) is 31.6. The zero-order valence-corrected chi connectivity index (χ0v) is 21.1. The fraction of sp³-hybridized carbons (Fsp3) is 0.762. The van der Waals surface area contributed by atoms with Crippen molar-refractivity contribution in [1.82, 2.24) is 15.1 Å². The van der Waals surface area contributed by atoms with E-state index < -0.39 is 36.4 Å². The summed E-state index contributed by atoms with van der Waals surface area (Å²) in [6.45, 7) is 11.7. The number of hydrogen-bond acceptors (Lipinski definition) is 7. The van der Waals surface area contributed by atoms with Crippen molar-refractivity contribution in [3.05, 3.63) is 0 Å². The van der Waals surface area contributed by atoms with Crippen molar-refractivity contribution in [1.29, 1.82) is 0 Å². The van der Waals surface area contributed by atoms with Gasteiger partial charge in [0.1, 0.15) is 6.61 Å². The Labute approximate surface area is 223 Å². The van der Waals surface area contributed by atoms with Gasteiger partial charge in [-0.3, -0.25) is 4.90 Å². The lowest BCUT2D eigenvalue weighted by atomic mass is 10.1. The van der Waals surface area contributed by atoms with Gasteiger partial charge in [0.25, 0.3) is 0 Å². The van der Waals surface area contributed by atoms with Gasteiger partial charge in [0.15, 0.2) is 0 Å². The summed E-state index contributed by atoms with van der Waals surface area (Å²) in [5.74, 6) is -1.87. The lowest BCUT2D eigenvalue weighted by Gasteiger charge is -2.32. The van der Waals surface area contributed by atoms with E-state index in [1.807, 2.05) is 0 Å². The van der Waals surface area contributed by atoms with E-state index in [-0.39, 0.29) is 0 Å². The molecule has 0 spiro atoms.